The van der Waals surface area contributed by atoms with Crippen LogP contribution in [0, 0.1) is 19.8 Å². The minimum Gasteiger partial charge on any atom is -0.279 e. The van der Waals surface area contributed by atoms with E-state index in [-0.39, 0.29) is 16.3 Å². The molecule has 0 radical (unpaired) electrons. The molecule has 0 spiro atoms. The molecule has 2 aromatic carbocycles. The van der Waals surface area contributed by atoms with E-state index in [2.05, 4.69) is 4.72 Å². The van der Waals surface area contributed by atoms with E-state index in [4.69, 9.17) is 11.6 Å². The van der Waals surface area contributed by atoms with Crippen LogP contribution in [0.2, 0.25) is 5.02 Å². The summed E-state index contributed by atoms with van der Waals surface area (Å²) in [5.74, 6) is -1.43. The van der Waals surface area contributed by atoms with Gasteiger partial charge in [-0.25, -0.2) is 21.1 Å². The molecule has 1 N–H and O–H groups in total. The SMILES string of the molecule is Cc1cc(N2C(=O)C(C)CS2(=O)=O)ccc1S(=O)(=O)Nc1cccc(Cl)c1C. The van der Waals surface area contributed by atoms with E-state index in [1.165, 1.54) is 18.2 Å². The molecule has 1 amide bonds. The molecule has 1 atom stereocenters. The van der Waals surface area contributed by atoms with Gasteiger partial charge in [0.05, 0.1) is 27.9 Å². The van der Waals surface area contributed by atoms with Crippen LogP contribution in [0.5, 0.6) is 0 Å². The Morgan fingerprint density at radius 3 is 2.43 bits per heavy atom. The van der Waals surface area contributed by atoms with Gasteiger partial charge in [-0.3, -0.25) is 9.52 Å². The molecule has 1 fully saturated rings. The largest absolute Gasteiger partial charge is 0.279 e. The molecule has 1 unspecified atom stereocenters. The first-order chi connectivity index (χ1) is 12.9. The summed E-state index contributed by atoms with van der Waals surface area (Å²) < 4.78 is 53.4. The van der Waals surface area contributed by atoms with Crippen LogP contribution in [0.25, 0.3) is 0 Å². The van der Waals surface area contributed by atoms with Crippen LogP contribution < -0.4 is 9.03 Å². The van der Waals surface area contributed by atoms with Gasteiger partial charge in [0.15, 0.2) is 0 Å². The van der Waals surface area contributed by atoms with Crippen molar-refractivity contribution in [3.63, 3.8) is 0 Å². The molecule has 7 nitrogen and oxygen atoms in total. The zero-order valence-electron chi connectivity index (χ0n) is 15.4. The van der Waals surface area contributed by atoms with Crippen molar-refractivity contribution in [3.8, 4) is 0 Å². The van der Waals surface area contributed by atoms with Crippen molar-refractivity contribution in [2.45, 2.75) is 25.7 Å². The number of nitrogens with zero attached hydrogens (tertiary/aromatic N) is 1. The lowest BCUT2D eigenvalue weighted by molar-refractivity contribution is -0.119. The molecule has 0 saturated carbocycles. The third-order valence-electron chi connectivity index (χ3n) is 4.56. The average Bonchev–Trinajstić information content (AvgIpc) is 2.78. The van der Waals surface area contributed by atoms with Gasteiger partial charge < -0.3 is 0 Å². The Balaban J connectivity index is 1.98. The van der Waals surface area contributed by atoms with Crippen molar-refractivity contribution in [2.75, 3.05) is 14.8 Å². The zero-order chi connectivity index (χ0) is 20.9. The van der Waals surface area contributed by atoms with Crippen LogP contribution in [-0.4, -0.2) is 28.5 Å². The first-order valence-corrected chi connectivity index (χ1v) is 11.9. The summed E-state index contributed by atoms with van der Waals surface area (Å²) in [7, 11) is -7.70. The summed E-state index contributed by atoms with van der Waals surface area (Å²) in [4.78, 5) is 12.2. The third-order valence-corrected chi connectivity index (χ3v) is 8.36. The maximum absolute atomic E-state index is 12.8. The van der Waals surface area contributed by atoms with Gasteiger partial charge in [-0.05, 0) is 55.3 Å². The van der Waals surface area contributed by atoms with Crippen molar-refractivity contribution in [1.29, 1.82) is 0 Å². The van der Waals surface area contributed by atoms with Gasteiger partial charge in [0.2, 0.25) is 15.9 Å². The highest BCUT2D eigenvalue weighted by atomic mass is 35.5. The standard InChI is InChI=1S/C18H19ClN2O5S2/c1-11-9-14(21-18(22)12(2)10-27(21,23)24)7-8-17(11)28(25,26)20-16-6-4-5-15(19)13(16)3/h4-9,12,20H,10H2,1-3H3. The molecular formula is C18H19ClN2O5S2. The Labute approximate surface area is 169 Å². The topological polar surface area (TPSA) is 101 Å². The fourth-order valence-electron chi connectivity index (χ4n) is 3.07. The summed E-state index contributed by atoms with van der Waals surface area (Å²) in [6.07, 6.45) is 0. The molecule has 1 aliphatic rings. The van der Waals surface area contributed by atoms with Crippen molar-refractivity contribution >= 4 is 48.9 Å². The van der Waals surface area contributed by atoms with Crippen LogP contribution in [0.15, 0.2) is 41.3 Å². The van der Waals surface area contributed by atoms with Crippen LogP contribution in [0.1, 0.15) is 18.1 Å². The second kappa shape index (κ2) is 7.06. The van der Waals surface area contributed by atoms with Crippen LogP contribution in [0.3, 0.4) is 0 Å². The average molecular weight is 443 g/mol. The van der Waals surface area contributed by atoms with Crippen LogP contribution >= 0.6 is 11.6 Å². The van der Waals surface area contributed by atoms with Crippen molar-refractivity contribution < 1.29 is 21.6 Å². The molecule has 3 rings (SSSR count). The number of carbonyl (C=O) groups excluding carboxylic acids is 1. The monoisotopic (exact) mass is 442 g/mol. The van der Waals surface area contributed by atoms with Gasteiger partial charge in [0.25, 0.3) is 10.0 Å². The zero-order valence-corrected chi connectivity index (χ0v) is 17.8. The fraction of sp³-hybridized carbons (Fsp3) is 0.278. The number of amides is 1. The highest BCUT2D eigenvalue weighted by Gasteiger charge is 2.42. The lowest BCUT2D eigenvalue weighted by Gasteiger charge is -2.18. The summed E-state index contributed by atoms with van der Waals surface area (Å²) >= 11 is 6.04. The number of anilines is 2. The minimum atomic E-state index is -3.94. The van der Waals surface area contributed by atoms with Crippen LogP contribution in [-0.2, 0) is 24.8 Å². The van der Waals surface area contributed by atoms with Gasteiger partial charge in [-0.2, -0.15) is 0 Å². The Bertz CT molecular complexity index is 1180. The Kier molecular flexibility index (Phi) is 5.20. The van der Waals surface area contributed by atoms with E-state index in [9.17, 15) is 21.6 Å². The normalized spacial score (nSPS) is 19.1. The first kappa shape index (κ1) is 20.6. The Hall–Kier alpha value is -2.10. The van der Waals surface area contributed by atoms with E-state index in [0.29, 0.717) is 21.8 Å². The van der Waals surface area contributed by atoms with Gasteiger partial charge in [-0.1, -0.05) is 24.6 Å². The van der Waals surface area contributed by atoms with Gasteiger partial charge in [0.1, 0.15) is 0 Å². The Morgan fingerprint density at radius 2 is 1.86 bits per heavy atom. The molecule has 2 aromatic rings. The van der Waals surface area contributed by atoms with E-state index in [0.717, 1.165) is 4.31 Å². The molecular weight excluding hydrogens is 424 g/mol. The first-order valence-electron chi connectivity index (χ1n) is 8.39. The number of nitrogens with one attached hydrogen (secondary N) is 1. The summed E-state index contributed by atoms with van der Waals surface area (Å²) in [5, 5.41) is 0.430. The minimum absolute atomic E-state index is 0.0206. The summed E-state index contributed by atoms with van der Waals surface area (Å²) in [5.41, 5.74) is 1.38. The van der Waals surface area contributed by atoms with E-state index >= 15 is 0 Å². The number of sulfonamides is 2. The molecule has 0 aromatic heterocycles. The number of aryl methyl sites for hydroxylation is 1. The predicted octanol–water partition coefficient (Wildman–Crippen LogP) is 3.07. The lowest BCUT2D eigenvalue weighted by atomic mass is 10.2. The Morgan fingerprint density at radius 1 is 1.18 bits per heavy atom. The second-order valence-electron chi connectivity index (χ2n) is 6.75. The summed E-state index contributed by atoms with van der Waals surface area (Å²) in [6, 6.07) is 8.88. The van der Waals surface area contributed by atoms with Gasteiger partial charge in [-0.15, -0.1) is 0 Å². The molecule has 150 valence electrons. The van der Waals surface area contributed by atoms with Gasteiger partial charge >= 0.3 is 0 Å². The summed E-state index contributed by atoms with van der Waals surface area (Å²) in [6.45, 7) is 4.78. The molecule has 0 aliphatic carbocycles. The fourth-order valence-corrected chi connectivity index (χ4v) is 6.40. The molecule has 28 heavy (non-hydrogen) atoms. The van der Waals surface area contributed by atoms with Gasteiger partial charge in [0, 0.05) is 5.02 Å². The highest BCUT2D eigenvalue weighted by molar-refractivity contribution is 7.94. The smallest absolute Gasteiger partial charge is 0.262 e. The van der Waals surface area contributed by atoms with Crippen molar-refractivity contribution in [1.82, 2.24) is 0 Å². The number of rotatable bonds is 4. The quantitative estimate of drug-likeness (QED) is 0.784. The van der Waals surface area contributed by atoms with E-state index in [1.54, 1.807) is 39.0 Å². The molecule has 10 heteroatoms. The van der Waals surface area contributed by atoms with Crippen LogP contribution in [0.4, 0.5) is 11.4 Å². The van der Waals surface area contributed by atoms with Crippen molar-refractivity contribution in [2.24, 2.45) is 5.92 Å². The third kappa shape index (κ3) is 3.61. The maximum atomic E-state index is 12.8. The van der Waals surface area contributed by atoms with Crippen molar-refractivity contribution in [3.05, 3.63) is 52.5 Å². The molecule has 1 saturated heterocycles. The number of carbonyl (C=O) groups is 1. The van der Waals surface area contributed by atoms with E-state index in [1.807, 2.05) is 0 Å². The second-order valence-corrected chi connectivity index (χ2v) is 10.7. The number of halogens is 1. The number of benzene rings is 2. The predicted molar refractivity (Wildman–Crippen MR) is 109 cm³/mol. The molecule has 0 bridgehead atoms. The number of hydrogen-bond donors (Lipinski definition) is 1. The molecule has 1 aliphatic heterocycles. The lowest BCUT2D eigenvalue weighted by Crippen LogP contribution is -2.30. The number of hydrogen-bond acceptors (Lipinski definition) is 5. The maximum Gasteiger partial charge on any atom is 0.262 e. The van der Waals surface area contributed by atoms with E-state index < -0.39 is 31.9 Å². The highest BCUT2D eigenvalue weighted by Crippen LogP contribution is 2.32. The molecule has 1 heterocycles.